The quantitative estimate of drug-likeness (QED) is 0.858. The first-order chi connectivity index (χ1) is 6.81. The molecule has 0 unspecified atom stereocenters. The van der Waals surface area contributed by atoms with Crippen molar-refractivity contribution in [2.45, 2.75) is 33.1 Å². The minimum Gasteiger partial charge on any atom is -0.460 e. The van der Waals surface area contributed by atoms with Crippen molar-refractivity contribution in [3.63, 3.8) is 0 Å². The van der Waals surface area contributed by atoms with E-state index in [1.165, 1.54) is 24.0 Å². The summed E-state index contributed by atoms with van der Waals surface area (Å²) in [6.07, 6.45) is 6.43. The first-order valence-electron chi connectivity index (χ1n) is 5.16. The van der Waals surface area contributed by atoms with Crippen molar-refractivity contribution >= 4 is 11.0 Å². The van der Waals surface area contributed by atoms with Crippen molar-refractivity contribution in [1.29, 1.82) is 0 Å². The number of fused-ring (bicyclic) bond motifs is 1. The molecule has 1 heterocycles. The molecule has 0 aliphatic rings. The topological polar surface area (TPSA) is 28.7 Å². The molecule has 0 spiro atoms. The van der Waals surface area contributed by atoms with Gasteiger partial charge in [0.25, 0.3) is 0 Å². The number of nitrogens with one attached hydrogen (secondary N) is 1. The van der Waals surface area contributed by atoms with E-state index in [9.17, 15) is 0 Å². The van der Waals surface area contributed by atoms with Gasteiger partial charge in [0.1, 0.15) is 0 Å². The third-order valence-corrected chi connectivity index (χ3v) is 2.55. The Hall–Kier alpha value is -0.206. The SMILES string of the molecule is CCCCc1cc(C)c2[nH][c-]nc2c1.[Y]. The fourth-order valence-corrected chi connectivity index (χ4v) is 1.76. The maximum absolute atomic E-state index is 4.17. The zero-order chi connectivity index (χ0) is 9.97. The van der Waals surface area contributed by atoms with Gasteiger partial charge < -0.3 is 9.97 Å². The molecule has 3 heteroatoms. The fourth-order valence-electron chi connectivity index (χ4n) is 1.76. The third kappa shape index (κ3) is 2.88. The van der Waals surface area contributed by atoms with Crippen molar-refractivity contribution in [1.82, 2.24) is 9.97 Å². The molecule has 2 aromatic rings. The number of nitrogens with zero attached hydrogens (tertiary/aromatic N) is 1. The summed E-state index contributed by atoms with van der Waals surface area (Å²) in [5.41, 5.74) is 4.81. The van der Waals surface area contributed by atoms with E-state index in [-0.39, 0.29) is 32.7 Å². The summed E-state index contributed by atoms with van der Waals surface area (Å²) >= 11 is 0. The number of aromatic amines is 1. The fraction of sp³-hybridized carbons (Fsp3) is 0.417. The molecule has 0 aliphatic carbocycles. The van der Waals surface area contributed by atoms with Crippen LogP contribution in [0.15, 0.2) is 12.1 Å². The normalized spacial score (nSPS) is 10.3. The van der Waals surface area contributed by atoms with E-state index in [2.05, 4.69) is 42.3 Å². The van der Waals surface area contributed by atoms with Crippen LogP contribution in [-0.4, -0.2) is 9.97 Å². The van der Waals surface area contributed by atoms with Crippen LogP contribution in [0.4, 0.5) is 0 Å². The minimum atomic E-state index is 0. The molecule has 0 saturated carbocycles. The molecule has 0 saturated heterocycles. The van der Waals surface area contributed by atoms with Gasteiger partial charge in [0.05, 0.1) is 0 Å². The second-order valence-corrected chi connectivity index (χ2v) is 3.76. The minimum absolute atomic E-state index is 0. The molecule has 0 atom stereocenters. The van der Waals surface area contributed by atoms with Crippen LogP contribution in [0.5, 0.6) is 0 Å². The van der Waals surface area contributed by atoms with Crippen LogP contribution in [0.2, 0.25) is 0 Å². The Kier molecular flexibility index (Phi) is 4.94. The van der Waals surface area contributed by atoms with Gasteiger partial charge in [0.2, 0.25) is 0 Å². The Morgan fingerprint density at radius 2 is 2.20 bits per heavy atom. The number of imidazole rings is 1. The average Bonchev–Trinajstić information content (AvgIpc) is 2.63. The zero-order valence-corrected chi connectivity index (χ0v) is 12.1. The molecule has 2 nitrogen and oxygen atoms in total. The molecular formula is C12H15N2Y-. The van der Waals surface area contributed by atoms with E-state index >= 15 is 0 Å². The molecule has 0 aliphatic heterocycles. The van der Waals surface area contributed by atoms with Crippen molar-refractivity contribution in [2.75, 3.05) is 0 Å². The number of H-pyrrole nitrogens is 1. The van der Waals surface area contributed by atoms with Crippen LogP contribution >= 0.6 is 0 Å². The largest absolute Gasteiger partial charge is 0.460 e. The number of benzene rings is 1. The Bertz CT molecular complexity index is 434. The molecule has 1 radical (unpaired) electrons. The maximum atomic E-state index is 4.17. The summed E-state index contributed by atoms with van der Waals surface area (Å²) in [6, 6.07) is 4.40. The first-order valence-corrected chi connectivity index (χ1v) is 5.16. The van der Waals surface area contributed by atoms with Gasteiger partial charge in [0.15, 0.2) is 0 Å². The van der Waals surface area contributed by atoms with E-state index in [1.807, 2.05) is 0 Å². The van der Waals surface area contributed by atoms with Crippen LogP contribution < -0.4 is 0 Å². The summed E-state index contributed by atoms with van der Waals surface area (Å²) in [5, 5.41) is 0. The van der Waals surface area contributed by atoms with E-state index in [0.29, 0.717) is 0 Å². The smallest absolute Gasteiger partial charge is 0 e. The summed E-state index contributed by atoms with van der Waals surface area (Å²) in [6.45, 7) is 4.33. The molecule has 77 valence electrons. The predicted octanol–water partition coefficient (Wildman–Crippen LogP) is 3.01. The van der Waals surface area contributed by atoms with Gasteiger partial charge in [-0.2, -0.15) is 0 Å². The summed E-state index contributed by atoms with van der Waals surface area (Å²) in [7, 11) is 0. The molecule has 0 amide bonds. The summed E-state index contributed by atoms with van der Waals surface area (Å²) in [5.74, 6) is 0. The Morgan fingerprint density at radius 3 is 2.93 bits per heavy atom. The average molecular weight is 276 g/mol. The van der Waals surface area contributed by atoms with Crippen LogP contribution in [0.25, 0.3) is 11.0 Å². The summed E-state index contributed by atoms with van der Waals surface area (Å²) < 4.78 is 0. The van der Waals surface area contributed by atoms with Crippen LogP contribution in [0, 0.1) is 13.3 Å². The standard InChI is InChI=1S/C12H15N2.Y/c1-3-4-5-10-6-9(2)12-11(7-10)13-8-14-12;/h6-7H,3-5H2,1-2H3,(H,13,14);/q-1;. The molecule has 1 aromatic carbocycles. The zero-order valence-electron chi connectivity index (χ0n) is 9.30. The van der Waals surface area contributed by atoms with E-state index in [1.54, 1.807) is 0 Å². The van der Waals surface area contributed by atoms with E-state index in [0.717, 1.165) is 17.5 Å². The van der Waals surface area contributed by atoms with E-state index in [4.69, 9.17) is 0 Å². The number of rotatable bonds is 3. The van der Waals surface area contributed by atoms with Crippen molar-refractivity contribution < 1.29 is 32.7 Å². The molecule has 1 N–H and O–H groups in total. The Morgan fingerprint density at radius 1 is 1.40 bits per heavy atom. The van der Waals surface area contributed by atoms with Crippen LogP contribution in [0.3, 0.4) is 0 Å². The number of aryl methyl sites for hydroxylation is 2. The van der Waals surface area contributed by atoms with E-state index < -0.39 is 0 Å². The second kappa shape index (κ2) is 5.76. The molecule has 15 heavy (non-hydrogen) atoms. The molecule has 0 fully saturated rings. The first kappa shape index (κ1) is 12.9. The molecule has 1 aromatic heterocycles. The Labute approximate surface area is 116 Å². The Balaban J connectivity index is 0.00000112. The van der Waals surface area contributed by atoms with Crippen LogP contribution in [0.1, 0.15) is 30.9 Å². The monoisotopic (exact) mass is 276 g/mol. The predicted molar refractivity (Wildman–Crippen MR) is 58.3 cm³/mol. The van der Waals surface area contributed by atoms with Gasteiger partial charge in [-0.15, -0.1) is 0 Å². The van der Waals surface area contributed by atoms with Gasteiger partial charge in [0, 0.05) is 32.7 Å². The molecule has 2 rings (SSSR count). The van der Waals surface area contributed by atoms with Gasteiger partial charge in [-0.25, -0.2) is 0 Å². The number of hydrogen-bond acceptors (Lipinski definition) is 1. The molecule has 0 bridgehead atoms. The van der Waals surface area contributed by atoms with Crippen molar-refractivity contribution in [3.8, 4) is 0 Å². The van der Waals surface area contributed by atoms with Gasteiger partial charge in [-0.3, -0.25) is 0 Å². The number of unbranched alkanes of at least 4 members (excludes halogenated alkanes) is 1. The third-order valence-electron chi connectivity index (χ3n) is 2.55. The number of hydrogen-bond donors (Lipinski definition) is 1. The molecular weight excluding hydrogens is 261 g/mol. The van der Waals surface area contributed by atoms with Gasteiger partial charge >= 0.3 is 0 Å². The van der Waals surface area contributed by atoms with Crippen molar-refractivity contribution in [3.05, 3.63) is 29.6 Å². The number of aromatic nitrogens is 2. The van der Waals surface area contributed by atoms with Crippen LogP contribution in [-0.2, 0) is 39.1 Å². The second-order valence-electron chi connectivity index (χ2n) is 3.76. The summed E-state index contributed by atoms with van der Waals surface area (Å²) in [4.78, 5) is 7.20. The maximum Gasteiger partial charge on any atom is 0 e. The van der Waals surface area contributed by atoms with Gasteiger partial charge in [-0.1, -0.05) is 54.6 Å². The van der Waals surface area contributed by atoms with Gasteiger partial charge in [-0.05, 0) is 19.2 Å². The van der Waals surface area contributed by atoms with Crippen molar-refractivity contribution in [2.24, 2.45) is 0 Å².